The monoisotopic (exact) mass is 497 g/mol. The Balaban J connectivity index is 1.45. The van der Waals surface area contributed by atoms with Gasteiger partial charge < -0.3 is 15.5 Å². The smallest absolute Gasteiger partial charge is 0.256 e. The second-order valence-corrected chi connectivity index (χ2v) is 11.9. The molecule has 0 unspecified atom stereocenters. The van der Waals surface area contributed by atoms with Gasteiger partial charge in [0.05, 0.1) is 0 Å². The molecule has 2 heterocycles. The molecule has 0 bridgehead atoms. The van der Waals surface area contributed by atoms with E-state index in [0.29, 0.717) is 18.5 Å². The summed E-state index contributed by atoms with van der Waals surface area (Å²) in [7, 11) is 0. The highest BCUT2D eigenvalue weighted by Gasteiger charge is 2.57. The number of thioether (sulfide) groups is 2. The van der Waals surface area contributed by atoms with E-state index in [1.807, 2.05) is 74.7 Å². The molecule has 0 aromatic heterocycles. The van der Waals surface area contributed by atoms with Gasteiger partial charge in [0.2, 0.25) is 11.8 Å². The molecule has 1 fully saturated rings. The van der Waals surface area contributed by atoms with Crippen molar-refractivity contribution in [2.45, 2.75) is 48.9 Å². The largest absolute Gasteiger partial charge is 0.354 e. The van der Waals surface area contributed by atoms with Crippen LogP contribution < -0.4 is 10.6 Å². The maximum atomic E-state index is 13.6. The van der Waals surface area contributed by atoms with Crippen LogP contribution in [-0.2, 0) is 16.0 Å². The van der Waals surface area contributed by atoms with Gasteiger partial charge in [-0.15, -0.1) is 11.8 Å². The van der Waals surface area contributed by atoms with E-state index in [-0.39, 0.29) is 23.1 Å². The van der Waals surface area contributed by atoms with Crippen molar-refractivity contribution in [2.24, 2.45) is 0 Å². The first-order valence-corrected chi connectivity index (χ1v) is 13.8. The molecule has 2 aliphatic heterocycles. The van der Waals surface area contributed by atoms with Crippen LogP contribution in [0, 0.1) is 0 Å². The lowest BCUT2D eigenvalue weighted by molar-refractivity contribution is -0.131. The molecule has 0 saturated carbocycles. The molecule has 1 saturated heterocycles. The minimum absolute atomic E-state index is 0.119. The number of nitrogens with one attached hydrogen (secondary N) is 2. The number of rotatable bonds is 9. The van der Waals surface area contributed by atoms with Crippen LogP contribution in [0.15, 0.2) is 54.6 Å². The normalized spacial score (nSPS) is 21.0. The van der Waals surface area contributed by atoms with Crippen molar-refractivity contribution in [3.8, 4) is 0 Å². The van der Waals surface area contributed by atoms with Crippen LogP contribution in [0.25, 0.3) is 0 Å². The molecule has 2 aromatic rings. The number of fused-ring (bicyclic) bond motifs is 3. The maximum Gasteiger partial charge on any atom is 0.256 e. The summed E-state index contributed by atoms with van der Waals surface area (Å²) >= 11 is 3.26. The van der Waals surface area contributed by atoms with Crippen molar-refractivity contribution in [1.29, 1.82) is 0 Å². The van der Waals surface area contributed by atoms with Crippen LogP contribution in [0.5, 0.6) is 0 Å². The van der Waals surface area contributed by atoms with Crippen LogP contribution in [-0.4, -0.2) is 58.0 Å². The molecule has 2 aliphatic rings. The Morgan fingerprint density at radius 3 is 2.56 bits per heavy atom. The molecular weight excluding hydrogens is 466 g/mol. The van der Waals surface area contributed by atoms with Crippen LogP contribution in [0.1, 0.15) is 47.1 Å². The predicted octanol–water partition coefficient (Wildman–Crippen LogP) is 3.63. The number of benzene rings is 2. The SMILES string of the molecule is CSCC[C@H](NC(=O)[C@H]1N2C(=O)c3ccccc3[C@H]2SC1(C)C)C(=O)NCCc1ccccc1. The van der Waals surface area contributed by atoms with E-state index >= 15 is 0 Å². The van der Waals surface area contributed by atoms with Gasteiger partial charge in [-0.3, -0.25) is 14.4 Å². The van der Waals surface area contributed by atoms with Gasteiger partial charge in [-0.25, -0.2) is 0 Å². The highest BCUT2D eigenvalue weighted by molar-refractivity contribution is 8.01. The van der Waals surface area contributed by atoms with Crippen molar-refractivity contribution in [3.05, 3.63) is 71.3 Å². The zero-order valence-electron chi connectivity index (χ0n) is 19.7. The van der Waals surface area contributed by atoms with Crippen LogP contribution in [0.2, 0.25) is 0 Å². The van der Waals surface area contributed by atoms with Gasteiger partial charge >= 0.3 is 0 Å². The van der Waals surface area contributed by atoms with Crippen LogP contribution >= 0.6 is 23.5 Å². The lowest BCUT2D eigenvalue weighted by atomic mass is 10.00. The van der Waals surface area contributed by atoms with E-state index in [1.165, 1.54) is 0 Å². The second kappa shape index (κ2) is 10.4. The predicted molar refractivity (Wildman–Crippen MR) is 139 cm³/mol. The summed E-state index contributed by atoms with van der Waals surface area (Å²) in [6.45, 7) is 4.49. The number of hydrogen-bond acceptors (Lipinski definition) is 5. The van der Waals surface area contributed by atoms with E-state index in [0.717, 1.165) is 23.3 Å². The van der Waals surface area contributed by atoms with Crippen molar-refractivity contribution < 1.29 is 14.4 Å². The van der Waals surface area contributed by atoms with Gasteiger partial charge in [0.25, 0.3) is 5.91 Å². The average molecular weight is 498 g/mol. The topological polar surface area (TPSA) is 78.5 Å². The van der Waals surface area contributed by atoms with Gasteiger partial charge in [0.15, 0.2) is 0 Å². The Morgan fingerprint density at radius 2 is 1.82 bits per heavy atom. The minimum Gasteiger partial charge on any atom is -0.354 e. The third-order valence-corrected chi connectivity index (χ3v) is 8.52. The summed E-state index contributed by atoms with van der Waals surface area (Å²) in [5.41, 5.74) is 2.76. The zero-order chi connectivity index (χ0) is 24.3. The molecule has 0 aliphatic carbocycles. The first-order chi connectivity index (χ1) is 16.3. The molecule has 2 aromatic carbocycles. The number of hydrogen-bond donors (Lipinski definition) is 2. The molecule has 34 heavy (non-hydrogen) atoms. The third-order valence-electron chi connectivity index (χ3n) is 6.34. The summed E-state index contributed by atoms with van der Waals surface area (Å²) in [5, 5.41) is 5.78. The summed E-state index contributed by atoms with van der Waals surface area (Å²) in [4.78, 5) is 41.5. The summed E-state index contributed by atoms with van der Waals surface area (Å²) in [6.07, 6.45) is 3.24. The molecule has 2 N–H and O–H groups in total. The Labute approximate surface area is 209 Å². The van der Waals surface area contributed by atoms with Gasteiger partial charge in [-0.1, -0.05) is 48.5 Å². The fourth-order valence-electron chi connectivity index (χ4n) is 4.66. The standard InChI is InChI=1S/C26H31N3O3S2/c1-26(2)21(29-24(32)18-11-7-8-12-19(18)25(29)34-26)23(31)28-20(14-16-33-3)22(30)27-15-13-17-9-5-4-6-10-17/h4-12,20-21,25H,13-16H2,1-3H3,(H,27,30)(H,28,31)/t20-,21+,25+/m0/s1. The van der Waals surface area contributed by atoms with Crippen molar-refractivity contribution in [2.75, 3.05) is 18.6 Å². The summed E-state index contributed by atoms with van der Waals surface area (Å²) < 4.78 is -0.480. The highest BCUT2D eigenvalue weighted by Crippen LogP contribution is 2.56. The van der Waals surface area contributed by atoms with Gasteiger partial charge in [0, 0.05) is 16.9 Å². The van der Waals surface area contributed by atoms with Crippen molar-refractivity contribution in [1.82, 2.24) is 15.5 Å². The Morgan fingerprint density at radius 1 is 1.12 bits per heavy atom. The number of carbonyl (C=O) groups is 3. The number of amides is 3. The number of carbonyl (C=O) groups excluding carboxylic acids is 3. The van der Waals surface area contributed by atoms with Gasteiger partial charge in [0.1, 0.15) is 17.5 Å². The summed E-state index contributed by atoms with van der Waals surface area (Å²) in [5.74, 6) is 0.169. The molecule has 3 atom stereocenters. The minimum atomic E-state index is -0.656. The third kappa shape index (κ3) is 4.98. The Hall–Kier alpha value is -2.45. The molecule has 180 valence electrons. The zero-order valence-corrected chi connectivity index (χ0v) is 21.4. The van der Waals surface area contributed by atoms with Gasteiger partial charge in [-0.2, -0.15) is 11.8 Å². The van der Waals surface area contributed by atoms with Crippen LogP contribution in [0.4, 0.5) is 0 Å². The van der Waals surface area contributed by atoms with Gasteiger partial charge in [-0.05, 0) is 55.9 Å². The van der Waals surface area contributed by atoms with E-state index in [1.54, 1.807) is 28.4 Å². The number of nitrogens with zero attached hydrogens (tertiary/aromatic N) is 1. The van der Waals surface area contributed by atoms with Crippen LogP contribution in [0.3, 0.4) is 0 Å². The Kier molecular flexibility index (Phi) is 7.57. The molecule has 4 rings (SSSR count). The Bertz CT molecular complexity index is 1060. The van der Waals surface area contributed by atoms with E-state index < -0.39 is 16.8 Å². The maximum absolute atomic E-state index is 13.6. The lowest BCUT2D eigenvalue weighted by Gasteiger charge is -2.31. The molecule has 0 spiro atoms. The van der Waals surface area contributed by atoms with E-state index in [4.69, 9.17) is 0 Å². The van der Waals surface area contributed by atoms with E-state index in [2.05, 4.69) is 10.6 Å². The highest BCUT2D eigenvalue weighted by atomic mass is 32.2. The fraction of sp³-hybridized carbons (Fsp3) is 0.423. The first-order valence-electron chi connectivity index (χ1n) is 11.5. The van der Waals surface area contributed by atoms with Crippen molar-refractivity contribution >= 4 is 41.2 Å². The quantitative estimate of drug-likeness (QED) is 0.553. The second-order valence-electron chi connectivity index (χ2n) is 9.15. The average Bonchev–Trinajstić information content (AvgIpc) is 3.26. The first kappa shape index (κ1) is 24.7. The molecule has 0 radical (unpaired) electrons. The van der Waals surface area contributed by atoms with E-state index in [9.17, 15) is 14.4 Å². The molecular formula is C26H31N3O3S2. The lowest BCUT2D eigenvalue weighted by Crippen LogP contribution is -2.57. The van der Waals surface area contributed by atoms with Crippen molar-refractivity contribution in [3.63, 3.8) is 0 Å². The molecule has 6 nitrogen and oxygen atoms in total. The molecule has 8 heteroatoms. The summed E-state index contributed by atoms with van der Waals surface area (Å²) in [6, 6.07) is 16.2. The molecule has 3 amide bonds. The fourth-order valence-corrected chi connectivity index (χ4v) is 6.72.